The maximum Gasteiger partial charge on any atom is 2.00 e. The van der Waals surface area contributed by atoms with E-state index in [0.717, 1.165) is 13.8 Å². The minimum Gasteiger partial charge on any atom is -0.857 e. The van der Waals surface area contributed by atoms with Gasteiger partial charge in [0.15, 0.2) is 0 Å². The maximum atomic E-state index is 12.0. The van der Waals surface area contributed by atoms with Crippen LogP contribution in [-0.4, -0.2) is 45.5 Å². The molecule has 0 aliphatic carbocycles. The summed E-state index contributed by atoms with van der Waals surface area (Å²) in [5.74, 6) is -1.68. The second-order valence-electron chi connectivity index (χ2n) is 5.65. The van der Waals surface area contributed by atoms with Crippen molar-refractivity contribution in [1.82, 2.24) is 9.97 Å². The predicted molar refractivity (Wildman–Crippen MR) is 99.9 cm³/mol. The van der Waals surface area contributed by atoms with Gasteiger partial charge in [-0.2, -0.15) is 46.7 Å². The molecule has 2 aromatic heterocycles. The van der Waals surface area contributed by atoms with E-state index < -0.39 is 35.6 Å². The van der Waals surface area contributed by atoms with E-state index in [2.05, 4.69) is 30.4 Å². The van der Waals surface area contributed by atoms with Gasteiger partial charge in [0.25, 0.3) is 0 Å². The van der Waals surface area contributed by atoms with Crippen LogP contribution in [0.1, 0.15) is 25.0 Å². The van der Waals surface area contributed by atoms with E-state index in [1.165, 1.54) is 49.1 Å². The standard InChI is InChI=1S/2C9H8F3N3O.Cu/c2*1-6(9(10,11)12)14-15-8(16)7-2-4-13-5-3-7;/h2*2-5H,1H3,(H,15,16);/q;;+2/p-2/b14-6-;;. The molecule has 33 heavy (non-hydrogen) atoms. The maximum absolute atomic E-state index is 12.0. The van der Waals surface area contributed by atoms with Crippen LogP contribution in [0.3, 0.4) is 0 Å². The van der Waals surface area contributed by atoms with Crippen LogP contribution in [-0.2, 0) is 17.1 Å². The number of halogens is 6. The van der Waals surface area contributed by atoms with Crippen molar-refractivity contribution in [1.29, 1.82) is 0 Å². The fourth-order valence-corrected chi connectivity index (χ4v) is 1.46. The molecule has 15 heteroatoms. The van der Waals surface area contributed by atoms with Crippen molar-refractivity contribution in [3.05, 3.63) is 60.2 Å². The van der Waals surface area contributed by atoms with Crippen molar-refractivity contribution < 1.29 is 53.6 Å². The molecular weight excluding hydrogens is 510 g/mol. The summed E-state index contributed by atoms with van der Waals surface area (Å²) in [6.07, 6.45) is -3.79. The molecule has 2 heterocycles. The van der Waals surface area contributed by atoms with Crippen LogP contribution in [0.25, 0.3) is 0 Å². The third-order valence-corrected chi connectivity index (χ3v) is 3.26. The average molecular weight is 524 g/mol. The Bertz CT molecular complexity index is 911. The molecule has 0 N–H and O–H groups in total. The summed E-state index contributed by atoms with van der Waals surface area (Å²) in [5, 5.41) is 34.0. The molecule has 0 amide bonds. The molecule has 0 unspecified atom stereocenters. The van der Waals surface area contributed by atoms with Gasteiger partial charge in [-0.05, 0) is 49.2 Å². The normalized spacial score (nSPS) is 13.6. The number of pyridine rings is 2. The summed E-state index contributed by atoms with van der Waals surface area (Å²) < 4.78 is 71.9. The Morgan fingerprint density at radius 2 is 0.909 bits per heavy atom. The van der Waals surface area contributed by atoms with E-state index in [0.29, 0.717) is 0 Å². The van der Waals surface area contributed by atoms with Gasteiger partial charge in [0.05, 0.1) is 0 Å². The van der Waals surface area contributed by atoms with E-state index in [1.807, 2.05) is 0 Å². The molecule has 0 aliphatic heterocycles. The minimum absolute atomic E-state index is 0. The molecule has 0 saturated heterocycles. The summed E-state index contributed by atoms with van der Waals surface area (Å²) in [6.45, 7) is 1.48. The first-order chi connectivity index (χ1) is 14.8. The molecule has 0 aromatic carbocycles. The van der Waals surface area contributed by atoms with Crippen molar-refractivity contribution >= 4 is 23.2 Å². The zero-order chi connectivity index (χ0) is 24.4. The molecule has 8 nitrogen and oxygen atoms in total. The molecule has 0 spiro atoms. The van der Waals surface area contributed by atoms with Gasteiger partial charge in [0.1, 0.15) is 11.4 Å². The number of hydrogen-bond donors (Lipinski definition) is 0. The smallest absolute Gasteiger partial charge is 0.857 e. The SMILES string of the molecule is C/C(=N/N=C(\[O-])c1ccncc1)C(F)(F)F.CC(=N/N=C(\[O-])c1ccncc1)C(F)(F)F.[Cu+2]. The quantitative estimate of drug-likeness (QED) is 0.200. The van der Waals surface area contributed by atoms with Gasteiger partial charge in [0.2, 0.25) is 0 Å². The number of aromatic nitrogens is 2. The van der Waals surface area contributed by atoms with Crippen LogP contribution in [0.4, 0.5) is 26.3 Å². The Labute approximate surface area is 194 Å². The molecular formula is C18H14CuF6N6O2. The summed E-state index contributed by atoms with van der Waals surface area (Å²) >= 11 is 0. The largest absolute Gasteiger partial charge is 2.00 e. The second-order valence-corrected chi connectivity index (χ2v) is 5.65. The first-order valence-electron chi connectivity index (χ1n) is 8.36. The number of nitrogens with zero attached hydrogens (tertiary/aromatic N) is 6. The third-order valence-electron chi connectivity index (χ3n) is 3.26. The van der Waals surface area contributed by atoms with Crippen molar-refractivity contribution in [2.24, 2.45) is 20.4 Å². The van der Waals surface area contributed by atoms with E-state index >= 15 is 0 Å². The molecule has 0 fully saturated rings. The number of alkyl halides is 6. The van der Waals surface area contributed by atoms with Crippen LogP contribution in [0.2, 0.25) is 0 Å². The zero-order valence-electron chi connectivity index (χ0n) is 16.7. The molecule has 2 rings (SSSR count). The van der Waals surface area contributed by atoms with Crippen LogP contribution >= 0.6 is 0 Å². The molecule has 0 saturated carbocycles. The van der Waals surface area contributed by atoms with Gasteiger partial charge in [-0.15, -0.1) is 0 Å². The molecule has 2 aromatic rings. The van der Waals surface area contributed by atoms with E-state index in [9.17, 15) is 36.6 Å². The van der Waals surface area contributed by atoms with E-state index in [1.54, 1.807) is 0 Å². The van der Waals surface area contributed by atoms with Crippen LogP contribution < -0.4 is 10.2 Å². The molecule has 0 aliphatic rings. The summed E-state index contributed by atoms with van der Waals surface area (Å²) in [7, 11) is 0. The van der Waals surface area contributed by atoms with E-state index in [4.69, 9.17) is 0 Å². The summed E-state index contributed by atoms with van der Waals surface area (Å²) in [4.78, 5) is 7.31. The number of rotatable bonds is 4. The van der Waals surface area contributed by atoms with Gasteiger partial charge >= 0.3 is 29.4 Å². The van der Waals surface area contributed by atoms with Crippen LogP contribution in [0.15, 0.2) is 69.5 Å². The molecule has 0 bridgehead atoms. The monoisotopic (exact) mass is 523 g/mol. The van der Waals surface area contributed by atoms with Gasteiger partial charge in [0, 0.05) is 36.6 Å². The van der Waals surface area contributed by atoms with Crippen molar-refractivity contribution in [2.45, 2.75) is 26.2 Å². The van der Waals surface area contributed by atoms with Gasteiger partial charge in [-0.1, -0.05) is 0 Å². The second kappa shape index (κ2) is 13.3. The van der Waals surface area contributed by atoms with Gasteiger partial charge in [-0.3, -0.25) is 9.97 Å². The zero-order valence-corrected chi connectivity index (χ0v) is 17.6. The minimum atomic E-state index is -4.57. The number of hydrogen-bond acceptors (Lipinski definition) is 8. The topological polar surface area (TPSA) is 121 Å². The Balaban J connectivity index is 0.000000602. The first-order valence-corrected chi connectivity index (χ1v) is 8.36. The third kappa shape index (κ3) is 11.2. The molecule has 1 radical (unpaired) electrons. The van der Waals surface area contributed by atoms with Gasteiger partial charge in [-0.25, -0.2) is 0 Å². The Hall–Kier alpha value is -3.32. The van der Waals surface area contributed by atoms with Gasteiger partial charge < -0.3 is 10.2 Å². The predicted octanol–water partition coefficient (Wildman–Crippen LogP) is 2.25. The molecule has 181 valence electrons. The van der Waals surface area contributed by atoms with E-state index in [-0.39, 0.29) is 28.2 Å². The van der Waals surface area contributed by atoms with Crippen molar-refractivity contribution in [2.75, 3.05) is 0 Å². The van der Waals surface area contributed by atoms with Crippen molar-refractivity contribution in [3.8, 4) is 0 Å². The van der Waals surface area contributed by atoms with Crippen LogP contribution in [0, 0.1) is 0 Å². The molecule has 0 atom stereocenters. The Morgan fingerprint density at radius 1 is 0.636 bits per heavy atom. The fraction of sp³-hybridized carbons (Fsp3) is 0.222. The average Bonchev–Trinajstić information content (AvgIpc) is 2.75. The van der Waals surface area contributed by atoms with Crippen molar-refractivity contribution in [3.63, 3.8) is 0 Å². The summed E-state index contributed by atoms with van der Waals surface area (Å²) in [5.41, 5.74) is -2.08. The first kappa shape index (κ1) is 29.7. The fourth-order valence-electron chi connectivity index (χ4n) is 1.46. The Kier molecular flexibility index (Phi) is 11.9. The van der Waals surface area contributed by atoms with Crippen LogP contribution in [0.5, 0.6) is 0 Å². The Morgan fingerprint density at radius 3 is 1.15 bits per heavy atom. The summed E-state index contributed by atoms with van der Waals surface area (Å²) in [6, 6.07) is 5.35.